The normalized spacial score (nSPS) is 11.1. The highest BCUT2D eigenvalue weighted by atomic mass is 19.3. The third kappa shape index (κ3) is 5.70. The second kappa shape index (κ2) is 7.29. The number of alkyl halides is 2. The fourth-order valence-electron chi connectivity index (χ4n) is 1.37. The van der Waals surface area contributed by atoms with Gasteiger partial charge in [0.15, 0.2) is 0 Å². The molecular formula is C12H16F3NO. The van der Waals surface area contributed by atoms with Gasteiger partial charge in [-0.25, -0.2) is 13.2 Å². The summed E-state index contributed by atoms with van der Waals surface area (Å²) in [4.78, 5) is 0. The van der Waals surface area contributed by atoms with Crippen molar-refractivity contribution >= 4 is 0 Å². The predicted octanol–water partition coefficient (Wildman–Crippen LogP) is 2.51. The Kier molecular flexibility index (Phi) is 6.00. The van der Waals surface area contributed by atoms with E-state index in [0.29, 0.717) is 18.7 Å². The lowest BCUT2D eigenvalue weighted by Gasteiger charge is -2.07. The molecule has 0 aliphatic heterocycles. The summed E-state index contributed by atoms with van der Waals surface area (Å²) in [5.74, 6) is -0.228. The average molecular weight is 247 g/mol. The Hall–Kier alpha value is -1.07. The number of halogens is 3. The Morgan fingerprint density at radius 2 is 2.12 bits per heavy atom. The molecule has 0 radical (unpaired) electrons. The fourth-order valence-corrected chi connectivity index (χ4v) is 1.37. The standard InChI is InChI=1S/C12H16F3NO/c1-9-6-10(2-3-11(9)13)7-16-4-5-17-8-12(14)15/h2-3,6,12,16H,4-5,7-8H2,1H3. The number of hydrogen-bond donors (Lipinski definition) is 1. The Bertz CT molecular complexity index is 345. The Morgan fingerprint density at radius 1 is 1.35 bits per heavy atom. The number of aryl methyl sites for hydroxylation is 1. The average Bonchev–Trinajstić information content (AvgIpc) is 2.27. The third-order valence-electron chi connectivity index (χ3n) is 2.22. The van der Waals surface area contributed by atoms with Crippen molar-refractivity contribution < 1.29 is 17.9 Å². The van der Waals surface area contributed by atoms with Crippen LogP contribution in [0.15, 0.2) is 18.2 Å². The maximum absolute atomic E-state index is 13.0. The summed E-state index contributed by atoms with van der Waals surface area (Å²) in [6, 6.07) is 4.86. The van der Waals surface area contributed by atoms with Gasteiger partial charge in [-0.05, 0) is 24.1 Å². The molecule has 0 aliphatic rings. The van der Waals surface area contributed by atoms with Crippen LogP contribution in [0, 0.1) is 12.7 Å². The predicted molar refractivity (Wildman–Crippen MR) is 59.7 cm³/mol. The molecule has 0 spiro atoms. The molecule has 2 nitrogen and oxygen atoms in total. The lowest BCUT2D eigenvalue weighted by Crippen LogP contribution is -2.20. The van der Waals surface area contributed by atoms with E-state index in [-0.39, 0.29) is 12.4 Å². The molecule has 5 heteroatoms. The van der Waals surface area contributed by atoms with Crippen molar-refractivity contribution in [1.29, 1.82) is 0 Å². The molecule has 0 unspecified atom stereocenters. The third-order valence-corrected chi connectivity index (χ3v) is 2.22. The van der Waals surface area contributed by atoms with E-state index in [2.05, 4.69) is 5.32 Å². The van der Waals surface area contributed by atoms with E-state index in [4.69, 9.17) is 4.74 Å². The summed E-state index contributed by atoms with van der Waals surface area (Å²) in [6.07, 6.45) is -2.42. The van der Waals surface area contributed by atoms with E-state index in [1.165, 1.54) is 6.07 Å². The van der Waals surface area contributed by atoms with Crippen LogP contribution >= 0.6 is 0 Å². The first-order valence-corrected chi connectivity index (χ1v) is 5.41. The van der Waals surface area contributed by atoms with E-state index in [1.807, 2.05) is 0 Å². The van der Waals surface area contributed by atoms with Crippen molar-refractivity contribution in [1.82, 2.24) is 5.32 Å². The summed E-state index contributed by atoms with van der Waals surface area (Å²) < 4.78 is 41.1. The molecule has 0 atom stereocenters. The van der Waals surface area contributed by atoms with Crippen LogP contribution in [0.25, 0.3) is 0 Å². The van der Waals surface area contributed by atoms with Gasteiger partial charge in [-0.1, -0.05) is 12.1 Å². The Morgan fingerprint density at radius 3 is 2.76 bits per heavy atom. The minimum absolute atomic E-state index is 0.228. The highest BCUT2D eigenvalue weighted by molar-refractivity contribution is 5.23. The van der Waals surface area contributed by atoms with Gasteiger partial charge in [0.1, 0.15) is 12.4 Å². The van der Waals surface area contributed by atoms with Gasteiger partial charge in [-0.15, -0.1) is 0 Å². The van der Waals surface area contributed by atoms with Crippen LogP contribution in [-0.4, -0.2) is 26.2 Å². The first-order valence-electron chi connectivity index (χ1n) is 5.41. The minimum Gasteiger partial charge on any atom is -0.374 e. The highest BCUT2D eigenvalue weighted by Gasteiger charge is 2.01. The zero-order valence-electron chi connectivity index (χ0n) is 9.68. The monoisotopic (exact) mass is 247 g/mol. The molecule has 1 rings (SSSR count). The van der Waals surface area contributed by atoms with Gasteiger partial charge < -0.3 is 10.1 Å². The van der Waals surface area contributed by atoms with Crippen LogP contribution in [0.3, 0.4) is 0 Å². The second-order valence-electron chi connectivity index (χ2n) is 3.73. The molecule has 0 saturated carbocycles. The van der Waals surface area contributed by atoms with Crippen molar-refractivity contribution in [2.45, 2.75) is 19.9 Å². The summed E-state index contributed by atoms with van der Waals surface area (Å²) in [6.45, 7) is 2.47. The summed E-state index contributed by atoms with van der Waals surface area (Å²) >= 11 is 0. The molecule has 0 aromatic heterocycles. The summed E-state index contributed by atoms with van der Waals surface area (Å²) in [7, 11) is 0. The Labute approximate surface area is 98.8 Å². The van der Waals surface area contributed by atoms with Crippen molar-refractivity contribution in [3.63, 3.8) is 0 Å². The van der Waals surface area contributed by atoms with Crippen LogP contribution in [0.4, 0.5) is 13.2 Å². The van der Waals surface area contributed by atoms with Crippen LogP contribution in [0.2, 0.25) is 0 Å². The van der Waals surface area contributed by atoms with Crippen molar-refractivity contribution in [3.05, 3.63) is 35.1 Å². The number of benzene rings is 1. The number of nitrogens with one attached hydrogen (secondary N) is 1. The lowest BCUT2D eigenvalue weighted by atomic mass is 10.1. The smallest absolute Gasteiger partial charge is 0.261 e. The van der Waals surface area contributed by atoms with E-state index < -0.39 is 13.0 Å². The van der Waals surface area contributed by atoms with Crippen molar-refractivity contribution in [3.8, 4) is 0 Å². The molecule has 0 amide bonds. The van der Waals surface area contributed by atoms with Gasteiger partial charge >= 0.3 is 0 Å². The molecule has 0 aliphatic carbocycles. The minimum atomic E-state index is -2.42. The Balaban J connectivity index is 2.16. The lowest BCUT2D eigenvalue weighted by molar-refractivity contribution is 0.0187. The number of rotatable bonds is 7. The maximum Gasteiger partial charge on any atom is 0.261 e. The molecule has 0 bridgehead atoms. The molecule has 0 fully saturated rings. The van der Waals surface area contributed by atoms with Crippen LogP contribution in [-0.2, 0) is 11.3 Å². The van der Waals surface area contributed by atoms with E-state index in [0.717, 1.165) is 5.56 Å². The maximum atomic E-state index is 13.0. The summed E-state index contributed by atoms with van der Waals surface area (Å²) in [5, 5.41) is 3.03. The fraction of sp³-hybridized carbons (Fsp3) is 0.500. The van der Waals surface area contributed by atoms with Crippen LogP contribution in [0.5, 0.6) is 0 Å². The largest absolute Gasteiger partial charge is 0.374 e. The van der Waals surface area contributed by atoms with Gasteiger partial charge in [-0.3, -0.25) is 0 Å². The first kappa shape index (κ1) is 14.0. The number of hydrogen-bond acceptors (Lipinski definition) is 2. The highest BCUT2D eigenvalue weighted by Crippen LogP contribution is 2.08. The molecule has 0 heterocycles. The van der Waals surface area contributed by atoms with E-state index >= 15 is 0 Å². The molecule has 1 aromatic carbocycles. The molecule has 1 aromatic rings. The molecule has 1 N–H and O–H groups in total. The first-order chi connectivity index (χ1) is 8.09. The zero-order chi connectivity index (χ0) is 12.7. The van der Waals surface area contributed by atoms with Gasteiger partial charge in [0.2, 0.25) is 0 Å². The summed E-state index contributed by atoms with van der Waals surface area (Å²) in [5.41, 5.74) is 1.55. The van der Waals surface area contributed by atoms with Crippen LogP contribution in [0.1, 0.15) is 11.1 Å². The molecular weight excluding hydrogens is 231 g/mol. The van der Waals surface area contributed by atoms with Gasteiger partial charge in [0.05, 0.1) is 6.61 Å². The van der Waals surface area contributed by atoms with E-state index in [1.54, 1.807) is 19.1 Å². The molecule has 0 saturated heterocycles. The number of ether oxygens (including phenoxy) is 1. The zero-order valence-corrected chi connectivity index (χ0v) is 9.68. The second-order valence-corrected chi connectivity index (χ2v) is 3.73. The SMILES string of the molecule is Cc1cc(CNCCOCC(F)F)ccc1F. The van der Waals surface area contributed by atoms with Crippen LogP contribution < -0.4 is 5.32 Å². The quantitative estimate of drug-likeness (QED) is 0.747. The van der Waals surface area contributed by atoms with E-state index in [9.17, 15) is 13.2 Å². The van der Waals surface area contributed by atoms with Gasteiger partial charge in [0.25, 0.3) is 6.43 Å². The molecule has 96 valence electrons. The van der Waals surface area contributed by atoms with Crippen molar-refractivity contribution in [2.75, 3.05) is 19.8 Å². The van der Waals surface area contributed by atoms with Gasteiger partial charge in [-0.2, -0.15) is 0 Å². The van der Waals surface area contributed by atoms with Gasteiger partial charge in [0, 0.05) is 13.1 Å². The topological polar surface area (TPSA) is 21.3 Å². The molecule has 17 heavy (non-hydrogen) atoms. The van der Waals surface area contributed by atoms with Crippen molar-refractivity contribution in [2.24, 2.45) is 0 Å².